The van der Waals surface area contributed by atoms with E-state index in [1.54, 1.807) is 0 Å². The third kappa shape index (κ3) is 4.80. The summed E-state index contributed by atoms with van der Waals surface area (Å²) in [5.41, 5.74) is 0.120. The van der Waals surface area contributed by atoms with Gasteiger partial charge in [-0.3, -0.25) is 4.79 Å². The number of carbonyl (C=O) groups excluding carboxylic acids is 2. The molecular weight excluding hydrogens is 392 g/mol. The molecule has 0 aliphatic carbocycles. The van der Waals surface area contributed by atoms with E-state index in [1.165, 1.54) is 29.6 Å². The Balaban J connectivity index is 2.31. The molecule has 1 amide bonds. The van der Waals surface area contributed by atoms with Gasteiger partial charge in [-0.1, -0.05) is 31.9 Å². The van der Waals surface area contributed by atoms with E-state index >= 15 is 0 Å². The van der Waals surface area contributed by atoms with Gasteiger partial charge in [0.15, 0.2) is 0 Å². The number of methoxy groups -OCH3 is 1. The Hall–Kier alpha value is -1.64. The van der Waals surface area contributed by atoms with Crippen LogP contribution >= 0.6 is 11.6 Å². The average Bonchev–Trinajstić information content (AvgIpc) is 3.20. The summed E-state index contributed by atoms with van der Waals surface area (Å²) < 4.78 is 31.7. The first-order valence-electron chi connectivity index (χ1n) is 8.90. The number of halogens is 1. The van der Waals surface area contributed by atoms with E-state index in [4.69, 9.17) is 16.3 Å². The number of hydrogen-bond donors (Lipinski definition) is 1. The van der Waals surface area contributed by atoms with Gasteiger partial charge < -0.3 is 10.1 Å². The molecule has 7 nitrogen and oxygen atoms in total. The van der Waals surface area contributed by atoms with Gasteiger partial charge >= 0.3 is 5.97 Å². The van der Waals surface area contributed by atoms with E-state index in [1.807, 2.05) is 13.8 Å². The number of ether oxygens (including phenoxy) is 1. The van der Waals surface area contributed by atoms with Gasteiger partial charge in [-0.15, -0.1) is 0 Å². The number of nitrogens with zero attached hydrogens (tertiary/aromatic N) is 1. The summed E-state index contributed by atoms with van der Waals surface area (Å²) in [6, 6.07) is 3.26. The lowest BCUT2D eigenvalue weighted by atomic mass is 9.99. The Morgan fingerprint density at radius 1 is 1.30 bits per heavy atom. The molecule has 2 rings (SSSR count). The van der Waals surface area contributed by atoms with Crippen LogP contribution < -0.4 is 5.32 Å². The van der Waals surface area contributed by atoms with Crippen LogP contribution in [0.1, 0.15) is 43.5 Å². The second-order valence-electron chi connectivity index (χ2n) is 6.62. The molecule has 9 heteroatoms. The number of sulfonamides is 1. The van der Waals surface area contributed by atoms with Crippen molar-refractivity contribution in [3.63, 3.8) is 0 Å². The molecule has 1 aromatic carbocycles. The summed E-state index contributed by atoms with van der Waals surface area (Å²) in [6.45, 7) is 4.60. The van der Waals surface area contributed by atoms with Crippen molar-refractivity contribution >= 4 is 33.5 Å². The standard InChI is InChI=1S/C18H25ClN2O5S/c1-4-12(2)16(18(23)26-3)20-17(22)13-7-8-14(19)15(11-13)27(24,25)21-9-5-6-10-21/h7-8,11-12,16H,4-6,9-10H2,1-3H3,(H,20,22). The van der Waals surface area contributed by atoms with E-state index in [0.29, 0.717) is 19.5 Å². The molecule has 1 aliphatic heterocycles. The van der Waals surface area contributed by atoms with Crippen LogP contribution in [-0.4, -0.2) is 50.8 Å². The number of hydrogen-bond acceptors (Lipinski definition) is 5. The monoisotopic (exact) mass is 416 g/mol. The van der Waals surface area contributed by atoms with Gasteiger partial charge in [-0.2, -0.15) is 4.31 Å². The predicted molar refractivity (Wildman–Crippen MR) is 102 cm³/mol. The van der Waals surface area contributed by atoms with Crippen LogP contribution in [0.5, 0.6) is 0 Å². The maximum atomic E-state index is 12.8. The fraction of sp³-hybridized carbons (Fsp3) is 0.556. The Bertz CT molecular complexity index is 806. The number of esters is 1. The van der Waals surface area contributed by atoms with Crippen molar-refractivity contribution < 1.29 is 22.7 Å². The minimum Gasteiger partial charge on any atom is -0.467 e. The lowest BCUT2D eigenvalue weighted by molar-refractivity contribution is -0.144. The lowest BCUT2D eigenvalue weighted by Gasteiger charge is -2.22. The number of carbonyl (C=O) groups is 2. The van der Waals surface area contributed by atoms with E-state index in [2.05, 4.69) is 5.32 Å². The van der Waals surface area contributed by atoms with Crippen molar-refractivity contribution in [1.82, 2.24) is 9.62 Å². The van der Waals surface area contributed by atoms with Crippen LogP contribution in [0.2, 0.25) is 5.02 Å². The first-order chi connectivity index (χ1) is 12.7. The Labute approximate surface area is 165 Å². The maximum absolute atomic E-state index is 12.8. The van der Waals surface area contributed by atoms with Gasteiger partial charge in [0.25, 0.3) is 5.91 Å². The summed E-state index contributed by atoms with van der Waals surface area (Å²) in [4.78, 5) is 24.5. The average molecular weight is 417 g/mol. The predicted octanol–water partition coefficient (Wildman–Crippen LogP) is 2.44. The van der Waals surface area contributed by atoms with Gasteiger partial charge in [0.1, 0.15) is 10.9 Å². The van der Waals surface area contributed by atoms with Crippen LogP contribution in [0.3, 0.4) is 0 Å². The molecule has 0 radical (unpaired) electrons. The summed E-state index contributed by atoms with van der Waals surface area (Å²) in [5, 5.41) is 2.70. The van der Waals surface area contributed by atoms with Crippen LogP contribution in [0.15, 0.2) is 23.1 Å². The zero-order valence-corrected chi connectivity index (χ0v) is 17.3. The van der Waals surface area contributed by atoms with Gasteiger partial charge in [-0.05, 0) is 37.0 Å². The molecule has 1 aromatic rings. The largest absolute Gasteiger partial charge is 0.467 e. The second-order valence-corrected chi connectivity index (χ2v) is 8.93. The second kappa shape index (κ2) is 9.03. The Morgan fingerprint density at radius 3 is 2.48 bits per heavy atom. The van der Waals surface area contributed by atoms with Gasteiger partial charge in [0.05, 0.1) is 12.1 Å². The van der Waals surface area contributed by atoms with Crippen molar-refractivity contribution in [3.8, 4) is 0 Å². The van der Waals surface area contributed by atoms with E-state index < -0.39 is 27.9 Å². The lowest BCUT2D eigenvalue weighted by Crippen LogP contribution is -2.45. The van der Waals surface area contributed by atoms with E-state index in [-0.39, 0.29) is 21.4 Å². The maximum Gasteiger partial charge on any atom is 0.328 e. The summed E-state index contributed by atoms with van der Waals surface area (Å²) in [6.07, 6.45) is 2.26. The van der Waals surface area contributed by atoms with Crippen LogP contribution in [0, 0.1) is 5.92 Å². The quantitative estimate of drug-likeness (QED) is 0.689. The molecule has 1 fully saturated rings. The highest BCUT2D eigenvalue weighted by molar-refractivity contribution is 7.89. The van der Waals surface area contributed by atoms with Gasteiger partial charge in [0, 0.05) is 18.7 Å². The summed E-state index contributed by atoms with van der Waals surface area (Å²) >= 11 is 6.10. The van der Waals surface area contributed by atoms with E-state index in [9.17, 15) is 18.0 Å². The minimum atomic E-state index is -3.77. The highest BCUT2D eigenvalue weighted by atomic mass is 35.5. The Morgan fingerprint density at radius 2 is 1.93 bits per heavy atom. The van der Waals surface area contributed by atoms with Crippen molar-refractivity contribution in [3.05, 3.63) is 28.8 Å². The SMILES string of the molecule is CCC(C)C(NC(=O)c1ccc(Cl)c(S(=O)(=O)N2CCCC2)c1)C(=O)OC. The first-order valence-corrected chi connectivity index (χ1v) is 10.7. The van der Waals surface area contributed by atoms with Crippen LogP contribution in [0.25, 0.3) is 0 Å². The summed E-state index contributed by atoms with van der Waals surface area (Å²) in [7, 11) is -2.51. The summed E-state index contributed by atoms with van der Waals surface area (Å²) in [5.74, 6) is -1.24. The van der Waals surface area contributed by atoms with Crippen molar-refractivity contribution in [2.45, 2.75) is 44.0 Å². The van der Waals surface area contributed by atoms with Crippen molar-refractivity contribution in [2.75, 3.05) is 20.2 Å². The van der Waals surface area contributed by atoms with Crippen LogP contribution in [0.4, 0.5) is 0 Å². The molecule has 0 aromatic heterocycles. The molecule has 2 unspecified atom stereocenters. The van der Waals surface area contributed by atoms with Gasteiger partial charge in [-0.25, -0.2) is 13.2 Å². The zero-order chi connectivity index (χ0) is 20.2. The molecule has 27 heavy (non-hydrogen) atoms. The number of amides is 1. The molecule has 2 atom stereocenters. The molecule has 0 bridgehead atoms. The van der Waals surface area contributed by atoms with Crippen molar-refractivity contribution in [1.29, 1.82) is 0 Å². The molecule has 150 valence electrons. The normalized spacial score (nSPS) is 17.3. The fourth-order valence-corrected chi connectivity index (χ4v) is 4.95. The number of benzene rings is 1. The molecule has 0 saturated carbocycles. The molecule has 1 heterocycles. The molecule has 1 N–H and O–H groups in total. The van der Waals surface area contributed by atoms with Gasteiger partial charge in [0.2, 0.25) is 10.0 Å². The van der Waals surface area contributed by atoms with E-state index in [0.717, 1.165) is 12.8 Å². The minimum absolute atomic E-state index is 0.0601. The highest BCUT2D eigenvalue weighted by Crippen LogP contribution is 2.28. The zero-order valence-electron chi connectivity index (χ0n) is 15.7. The molecular formula is C18H25ClN2O5S. The molecule has 1 aliphatic rings. The first kappa shape index (κ1) is 21.7. The highest BCUT2D eigenvalue weighted by Gasteiger charge is 2.31. The Kier molecular flexibility index (Phi) is 7.25. The number of nitrogens with one attached hydrogen (secondary N) is 1. The topological polar surface area (TPSA) is 92.8 Å². The van der Waals surface area contributed by atoms with Crippen molar-refractivity contribution in [2.24, 2.45) is 5.92 Å². The molecule has 1 saturated heterocycles. The van der Waals surface area contributed by atoms with Crippen LogP contribution in [-0.2, 0) is 19.6 Å². The third-order valence-electron chi connectivity index (χ3n) is 4.83. The smallest absolute Gasteiger partial charge is 0.328 e. The fourth-order valence-electron chi connectivity index (χ4n) is 2.93. The number of rotatable bonds is 7. The molecule has 0 spiro atoms. The third-order valence-corrected chi connectivity index (χ3v) is 7.21.